The molecular weight excluding hydrogens is 1830 g/mol. The first-order valence-corrected chi connectivity index (χ1v) is 49.2. The van der Waals surface area contributed by atoms with Crippen LogP contribution in [0, 0.1) is 47.8 Å². The van der Waals surface area contributed by atoms with Gasteiger partial charge < -0.3 is 58.3 Å². The summed E-state index contributed by atoms with van der Waals surface area (Å²) in [5.74, 6) is -0.0727. The fraction of sp³-hybridized carbons (Fsp3) is 0.491. The van der Waals surface area contributed by atoms with Gasteiger partial charge >= 0.3 is 18.0 Å². The number of anilines is 6. The molecule has 6 aromatic carbocycles. The zero-order valence-corrected chi connectivity index (χ0v) is 82.2. The van der Waals surface area contributed by atoms with Gasteiger partial charge in [-0.3, -0.25) is 34.0 Å². The highest BCUT2D eigenvalue weighted by molar-refractivity contribution is 6.36. The molecule has 35 heteroatoms. The van der Waals surface area contributed by atoms with E-state index in [-0.39, 0.29) is 106 Å². The predicted octanol–water partition coefficient (Wildman–Crippen LogP) is 14.3. The fourth-order valence-corrected chi connectivity index (χ4v) is 22.6. The standard InChI is InChI=1S/C37H43ClF2N8O2.C35H41F2N7O2.C34H39F2N7O2/c1-37(40)18-28(44(2)24-37)23-50-36-42-31-22-46(32-9-4-7-25-6-3-8-30(38)34(25)32)15-12-29(31)35(43-36)47-16-17-48(27(21-47)11-13-41)33(49)10-5-14-45-19-26(39)20-45;1-24-7-4-8-25-9-5-10-30(32(24)25)42-16-13-28-29(21-42)39-34(46-22-27-19-35(2,37)23-41(27)3)40-33(28)43-17-18-44(26(20-43)12-15-38)31(45)11-6-14-36;1-22-7-5-8-24-9-6-10-29(30(22)24)41-14-12-27-28(19-41)38-33(45-20-26-17-34(3,36)21-40(26)4)39-31(27)42-15-16-43(32(44)23(2)35)25(18-42)11-13-37/h3-10,26-28H,11-12,14-24H2,1-2H3;4-11,26-27H,12-14,16-23H2,1-3H3;5-10,25-26H,2,11-12,14-21H2,1,3-4H3/b10-5+;11-6+;/t27-,28-,37?;26-,27-,35?;25-,26-,34?/m000/s1. The number of ether oxygens (including phenoxy) is 3. The van der Waals surface area contributed by atoms with Crippen LogP contribution < -0.4 is 43.6 Å². The van der Waals surface area contributed by atoms with E-state index in [4.69, 9.17) is 55.7 Å². The van der Waals surface area contributed by atoms with Crippen LogP contribution in [0.25, 0.3) is 32.3 Å². The normalized spacial score (nSPS) is 24.0. The Balaban J connectivity index is 0.000000146. The van der Waals surface area contributed by atoms with Gasteiger partial charge in [0.25, 0.3) is 5.91 Å². The monoisotopic (exact) mass is 1950 g/mol. The van der Waals surface area contributed by atoms with Gasteiger partial charge in [-0.15, -0.1) is 0 Å². The summed E-state index contributed by atoms with van der Waals surface area (Å²) in [6.07, 6.45) is 8.50. The average molecular weight is 1950 g/mol. The maximum atomic E-state index is 14.8. The molecule has 0 bridgehead atoms. The second kappa shape index (κ2) is 43.0. The number of aryl methyl sites for hydroxylation is 2. The Hall–Kier alpha value is -12.7. The molecule has 7 saturated heterocycles. The van der Waals surface area contributed by atoms with Crippen molar-refractivity contribution in [2.24, 2.45) is 0 Å². The maximum absolute atomic E-state index is 14.8. The Kier molecular flexibility index (Phi) is 30.5. The smallest absolute Gasteiger partial charge is 0.318 e. The molecule has 28 nitrogen and oxygen atoms in total. The van der Waals surface area contributed by atoms with Gasteiger partial charge in [-0.25, -0.2) is 26.3 Å². The first-order chi connectivity index (χ1) is 67.8. The van der Waals surface area contributed by atoms with E-state index < -0.39 is 47.6 Å². The third kappa shape index (κ3) is 22.6. The fourth-order valence-electron chi connectivity index (χ4n) is 22.3. The molecule has 9 atom stereocenters. The van der Waals surface area contributed by atoms with Crippen LogP contribution in [0.5, 0.6) is 18.0 Å². The van der Waals surface area contributed by atoms with Gasteiger partial charge in [-0.2, -0.15) is 45.7 Å². The minimum atomic E-state index is -1.28. The molecule has 0 radical (unpaired) electrons. The van der Waals surface area contributed by atoms with Crippen molar-refractivity contribution in [1.29, 1.82) is 15.8 Å². The van der Waals surface area contributed by atoms with E-state index >= 15 is 0 Å². The van der Waals surface area contributed by atoms with E-state index in [2.05, 4.69) is 159 Å². The number of alkyl halides is 5. The molecule has 0 spiro atoms. The number of likely N-dealkylation sites (N-methyl/N-ethyl adjacent to an activating group) is 3. The Labute approximate surface area is 824 Å². The van der Waals surface area contributed by atoms with Gasteiger partial charge in [-0.1, -0.05) is 109 Å². The Bertz CT molecular complexity index is 6330. The van der Waals surface area contributed by atoms with Crippen molar-refractivity contribution < 1.29 is 54.9 Å². The average Bonchev–Trinajstić information content (AvgIpc) is 1.21. The molecule has 10 aliphatic heterocycles. The molecule has 7 fully saturated rings. The van der Waals surface area contributed by atoms with Gasteiger partial charge in [0.05, 0.1) is 97.3 Å². The highest BCUT2D eigenvalue weighted by Gasteiger charge is 2.45. The zero-order chi connectivity index (χ0) is 99.3. The number of piperazine rings is 3. The van der Waals surface area contributed by atoms with E-state index in [9.17, 15) is 56.5 Å². The third-order valence-electron chi connectivity index (χ3n) is 29.2. The predicted molar refractivity (Wildman–Crippen MR) is 534 cm³/mol. The van der Waals surface area contributed by atoms with Crippen molar-refractivity contribution in [2.75, 3.05) is 195 Å². The van der Waals surface area contributed by atoms with Crippen LogP contribution in [0.1, 0.15) is 104 Å². The second-order valence-corrected chi connectivity index (χ2v) is 40.3. The van der Waals surface area contributed by atoms with Gasteiger partial charge in [0.1, 0.15) is 67.1 Å². The number of fused-ring (bicyclic) bond motifs is 6. The number of likely N-dealkylation sites (tertiary alicyclic amines) is 4. The number of carbonyl (C=O) groups excluding carboxylic acids is 3. The molecule has 742 valence electrons. The van der Waals surface area contributed by atoms with Crippen molar-refractivity contribution in [3.05, 3.63) is 196 Å². The topological polar surface area (TPSA) is 270 Å². The van der Waals surface area contributed by atoms with Crippen molar-refractivity contribution in [3.8, 4) is 36.2 Å². The summed E-state index contributed by atoms with van der Waals surface area (Å²) in [5.41, 5.74) is 7.51. The molecule has 19 rings (SSSR count). The van der Waals surface area contributed by atoms with E-state index in [0.29, 0.717) is 161 Å². The number of carbonyl (C=O) groups is 3. The molecule has 3 aromatic heterocycles. The molecule has 3 amide bonds. The molecule has 0 N–H and O–H groups in total. The van der Waals surface area contributed by atoms with Crippen LogP contribution in [-0.4, -0.2) is 307 Å². The number of nitrogens with zero attached hydrogens (tertiary/aromatic N) is 22. The quantitative estimate of drug-likeness (QED) is 0.0402. The van der Waals surface area contributed by atoms with Crippen LogP contribution in [0.15, 0.2) is 146 Å². The molecule has 13 heterocycles. The van der Waals surface area contributed by atoms with Crippen LogP contribution in [0.3, 0.4) is 0 Å². The first-order valence-electron chi connectivity index (χ1n) is 48.8. The lowest BCUT2D eigenvalue weighted by atomic mass is 9.99. The SMILES string of the molecule is C=C(F)C(=O)N1CCN(c2nc(OC[C@@H]3CC(C)(F)CN3C)nc3c2CCN(c2cccc4cccc(C)c24)C3)C[C@@H]1CC#N.CN1CC(C)(F)C[C@H]1COc1nc2c(c(N3CCN(C(=O)/C=C/CN4CC(F)C4)[C@@H](CC#N)C3)n1)CCN(c1cccc3cccc(Cl)c13)C2.Cc1cccc2cccc(N3CCc4c(nc(OC[C@@H]5CC(C)(F)CN5C)nc4N4CCN(C(=O)/C=C/CF)[C@@H](CC#N)C4)C3)c12. The third-order valence-corrected chi connectivity index (χ3v) is 29.5. The minimum Gasteiger partial charge on any atom is -0.462 e. The molecule has 9 aromatic rings. The summed E-state index contributed by atoms with van der Waals surface area (Å²) in [5, 5.41) is 36.4. The Morgan fingerprint density at radius 1 is 0.461 bits per heavy atom. The molecule has 3 unspecified atom stereocenters. The largest absolute Gasteiger partial charge is 0.462 e. The molecule has 0 saturated carbocycles. The van der Waals surface area contributed by atoms with Crippen LogP contribution in [0.4, 0.5) is 60.9 Å². The van der Waals surface area contributed by atoms with E-state index in [1.807, 2.05) is 58.9 Å². The second-order valence-electron chi connectivity index (χ2n) is 39.9. The first kappa shape index (κ1) is 99.9. The zero-order valence-electron chi connectivity index (χ0n) is 81.4. The number of amides is 3. The number of hydrogen-bond donors (Lipinski definition) is 0. The summed E-state index contributed by atoms with van der Waals surface area (Å²) in [6.45, 7) is 22.1. The summed E-state index contributed by atoms with van der Waals surface area (Å²) >= 11 is 6.72. The maximum Gasteiger partial charge on any atom is 0.318 e. The Morgan fingerprint density at radius 2 is 0.801 bits per heavy atom. The number of allylic oxidation sites excluding steroid dienone is 1. The van der Waals surface area contributed by atoms with E-state index in [1.165, 1.54) is 49.7 Å². The lowest BCUT2D eigenvalue weighted by molar-refractivity contribution is -0.131. The minimum absolute atomic E-state index is 0.0520. The summed E-state index contributed by atoms with van der Waals surface area (Å²) in [4.78, 5) is 94.0. The summed E-state index contributed by atoms with van der Waals surface area (Å²) in [7, 11) is 5.70. The number of aromatic nitrogens is 6. The lowest BCUT2D eigenvalue weighted by Gasteiger charge is -2.42. The molecule has 10 aliphatic rings. The van der Waals surface area contributed by atoms with Crippen molar-refractivity contribution in [1.82, 2.24) is 64.2 Å². The van der Waals surface area contributed by atoms with E-state index in [1.54, 1.807) is 42.7 Å². The lowest BCUT2D eigenvalue weighted by Crippen LogP contribution is -2.55. The molecule has 141 heavy (non-hydrogen) atoms. The van der Waals surface area contributed by atoms with Gasteiger partial charge in [0, 0.05) is 217 Å². The van der Waals surface area contributed by atoms with Gasteiger partial charge in [-0.05, 0) is 133 Å². The molecular formula is C106H123ClF6N22O6. The van der Waals surface area contributed by atoms with E-state index in [0.717, 1.165) is 92.9 Å². The van der Waals surface area contributed by atoms with Crippen LogP contribution >= 0.6 is 11.6 Å². The summed E-state index contributed by atoms with van der Waals surface area (Å²) < 4.78 is 103. The highest BCUT2D eigenvalue weighted by atomic mass is 35.5. The van der Waals surface area contributed by atoms with Crippen molar-refractivity contribution in [3.63, 3.8) is 0 Å². The highest BCUT2D eigenvalue weighted by Crippen LogP contribution is 2.44. The molecule has 0 aliphatic carbocycles. The number of rotatable bonds is 24. The van der Waals surface area contributed by atoms with Crippen LogP contribution in [-0.2, 0) is 53.3 Å². The van der Waals surface area contributed by atoms with Crippen LogP contribution in [0.2, 0.25) is 5.02 Å². The van der Waals surface area contributed by atoms with Crippen molar-refractivity contribution >= 4 is 96.2 Å². The van der Waals surface area contributed by atoms with Crippen molar-refractivity contribution in [2.45, 2.75) is 171 Å². The van der Waals surface area contributed by atoms with Gasteiger partial charge in [0.15, 0.2) is 5.83 Å². The number of hydrogen-bond acceptors (Lipinski definition) is 25. The summed E-state index contributed by atoms with van der Waals surface area (Å²) in [6, 6.07) is 43.2. The Morgan fingerprint density at radius 3 is 1.15 bits per heavy atom. The van der Waals surface area contributed by atoms with Gasteiger partial charge in [0.2, 0.25) is 11.8 Å². The number of benzene rings is 6. The number of halogens is 7. The number of nitriles is 3.